The normalized spacial score (nSPS) is 12.7. The van der Waals surface area contributed by atoms with Crippen LogP contribution in [0.3, 0.4) is 0 Å². The van der Waals surface area contributed by atoms with Gasteiger partial charge in [0.15, 0.2) is 0 Å². The fourth-order valence-electron chi connectivity index (χ4n) is 2.34. The second kappa shape index (κ2) is 4.14. The summed E-state index contributed by atoms with van der Waals surface area (Å²) in [5, 5.41) is 10.9. The number of carbonyl (C=O) groups excluding carboxylic acids is 1. The highest BCUT2D eigenvalue weighted by Gasteiger charge is 2.19. The molecule has 1 heterocycles. The first kappa shape index (κ1) is 11.3. The van der Waals surface area contributed by atoms with E-state index in [2.05, 4.69) is 0 Å². The number of rotatable bonds is 2. The van der Waals surface area contributed by atoms with E-state index in [1.54, 1.807) is 13.2 Å². The topological polar surface area (TPSA) is 49.4 Å². The molecule has 0 bridgehead atoms. The Morgan fingerprint density at radius 2 is 2.06 bits per heavy atom. The van der Waals surface area contributed by atoms with Crippen molar-refractivity contribution in [1.82, 2.24) is 0 Å². The molecular weight excluding hydrogens is 248 g/mol. The summed E-state index contributed by atoms with van der Waals surface area (Å²) in [6.07, 6.45) is 1.79. The Morgan fingerprint density at radius 3 is 2.78 bits per heavy atom. The lowest BCUT2D eigenvalue weighted by Crippen LogP contribution is -2.20. The summed E-state index contributed by atoms with van der Waals surface area (Å²) in [5.41, 5.74) is 3.44. The molecular formula is C14H11O3S-. The highest BCUT2D eigenvalue weighted by molar-refractivity contribution is 7.17. The number of aryl methyl sites for hydroxylation is 2. The molecule has 1 aromatic heterocycles. The van der Waals surface area contributed by atoms with Crippen molar-refractivity contribution in [3.05, 3.63) is 40.3 Å². The molecule has 2 aromatic rings. The number of ether oxygens (including phenoxy) is 1. The van der Waals surface area contributed by atoms with Crippen LogP contribution >= 0.6 is 11.3 Å². The minimum atomic E-state index is -1.09. The van der Waals surface area contributed by atoms with E-state index in [4.69, 9.17) is 4.74 Å². The molecule has 0 aliphatic heterocycles. The van der Waals surface area contributed by atoms with Gasteiger partial charge in [0, 0.05) is 4.88 Å². The number of methoxy groups -OCH3 is 1. The highest BCUT2D eigenvalue weighted by atomic mass is 32.1. The van der Waals surface area contributed by atoms with Gasteiger partial charge in [-0.3, -0.25) is 0 Å². The van der Waals surface area contributed by atoms with Crippen LogP contribution in [-0.2, 0) is 12.8 Å². The molecule has 0 saturated heterocycles. The van der Waals surface area contributed by atoms with Crippen molar-refractivity contribution >= 4 is 17.3 Å². The lowest BCUT2D eigenvalue weighted by molar-refractivity contribution is -0.254. The number of carboxylic acids is 1. The minimum Gasteiger partial charge on any atom is -0.544 e. The highest BCUT2D eigenvalue weighted by Crippen LogP contribution is 2.40. The Balaban J connectivity index is 2.13. The van der Waals surface area contributed by atoms with E-state index in [0.717, 1.165) is 34.6 Å². The predicted molar refractivity (Wildman–Crippen MR) is 68.0 cm³/mol. The fourth-order valence-corrected chi connectivity index (χ4v) is 3.44. The number of benzene rings is 1. The third-order valence-corrected chi connectivity index (χ3v) is 4.42. The first-order valence-electron chi connectivity index (χ1n) is 5.70. The molecule has 1 aliphatic carbocycles. The third kappa shape index (κ3) is 1.69. The van der Waals surface area contributed by atoms with E-state index < -0.39 is 5.97 Å². The van der Waals surface area contributed by atoms with Gasteiger partial charge in [0.1, 0.15) is 5.75 Å². The molecule has 0 saturated carbocycles. The van der Waals surface area contributed by atoms with Gasteiger partial charge in [-0.25, -0.2) is 0 Å². The maximum absolute atomic E-state index is 10.9. The second-order valence-corrected chi connectivity index (χ2v) is 5.33. The first-order valence-corrected chi connectivity index (χ1v) is 6.52. The molecule has 1 aliphatic rings. The molecule has 3 nitrogen and oxygen atoms in total. The molecule has 1 aromatic carbocycles. The van der Waals surface area contributed by atoms with E-state index >= 15 is 0 Å². The summed E-state index contributed by atoms with van der Waals surface area (Å²) in [6, 6.07) is 7.67. The van der Waals surface area contributed by atoms with Gasteiger partial charge in [-0.05, 0) is 53.8 Å². The molecule has 0 spiro atoms. The Kier molecular flexibility index (Phi) is 2.59. The molecule has 0 amide bonds. The smallest absolute Gasteiger partial charge is 0.119 e. The van der Waals surface area contributed by atoms with Crippen LogP contribution in [0.1, 0.15) is 20.8 Å². The van der Waals surface area contributed by atoms with Gasteiger partial charge in [-0.1, -0.05) is 0 Å². The zero-order chi connectivity index (χ0) is 12.7. The zero-order valence-electron chi connectivity index (χ0n) is 9.86. The van der Waals surface area contributed by atoms with Crippen LogP contribution in [0.2, 0.25) is 0 Å². The molecule has 92 valence electrons. The van der Waals surface area contributed by atoms with Gasteiger partial charge in [0.05, 0.1) is 18.0 Å². The summed E-state index contributed by atoms with van der Waals surface area (Å²) in [7, 11) is 1.65. The lowest BCUT2D eigenvalue weighted by atomic mass is 9.91. The van der Waals surface area contributed by atoms with Crippen LogP contribution in [0.4, 0.5) is 0 Å². The van der Waals surface area contributed by atoms with Gasteiger partial charge in [-0.2, -0.15) is 0 Å². The molecule has 18 heavy (non-hydrogen) atoms. The fraction of sp³-hybridized carbons (Fsp3) is 0.214. The van der Waals surface area contributed by atoms with Crippen molar-refractivity contribution in [3.63, 3.8) is 0 Å². The van der Waals surface area contributed by atoms with Crippen LogP contribution in [0.5, 0.6) is 5.75 Å². The average Bonchev–Trinajstić information content (AvgIpc) is 2.82. The van der Waals surface area contributed by atoms with Crippen molar-refractivity contribution in [3.8, 4) is 16.2 Å². The maximum atomic E-state index is 10.9. The van der Waals surface area contributed by atoms with Crippen LogP contribution in [0, 0.1) is 0 Å². The monoisotopic (exact) mass is 259 g/mol. The first-order chi connectivity index (χ1) is 8.69. The molecule has 0 N–H and O–H groups in total. The van der Waals surface area contributed by atoms with Gasteiger partial charge in [0.2, 0.25) is 0 Å². The summed E-state index contributed by atoms with van der Waals surface area (Å²) in [6.45, 7) is 0. The van der Waals surface area contributed by atoms with Gasteiger partial charge in [0.25, 0.3) is 0 Å². The maximum Gasteiger partial charge on any atom is 0.119 e. The zero-order valence-corrected chi connectivity index (χ0v) is 10.7. The Morgan fingerprint density at radius 1 is 1.28 bits per heavy atom. The van der Waals surface area contributed by atoms with Gasteiger partial charge >= 0.3 is 0 Å². The number of hydrogen-bond acceptors (Lipinski definition) is 4. The van der Waals surface area contributed by atoms with Crippen LogP contribution in [0.15, 0.2) is 24.3 Å². The van der Waals surface area contributed by atoms with Crippen LogP contribution in [0.25, 0.3) is 10.4 Å². The minimum absolute atomic E-state index is 0.309. The Labute approximate surface area is 109 Å². The van der Waals surface area contributed by atoms with Crippen LogP contribution in [-0.4, -0.2) is 13.1 Å². The molecule has 3 rings (SSSR count). The van der Waals surface area contributed by atoms with Crippen LogP contribution < -0.4 is 9.84 Å². The molecule has 0 unspecified atom stereocenters. The SMILES string of the molecule is COc1ccc2c(c1)CCc1cc(C(=O)[O-])sc1-2. The summed E-state index contributed by atoms with van der Waals surface area (Å²) < 4.78 is 5.21. The van der Waals surface area contributed by atoms with E-state index in [0.29, 0.717) is 4.88 Å². The molecule has 0 radical (unpaired) electrons. The van der Waals surface area contributed by atoms with Gasteiger partial charge in [-0.15, -0.1) is 11.3 Å². The number of aromatic carboxylic acids is 1. The quantitative estimate of drug-likeness (QED) is 0.827. The Bertz CT molecular complexity index is 628. The van der Waals surface area contributed by atoms with Crippen molar-refractivity contribution in [2.75, 3.05) is 7.11 Å². The number of carbonyl (C=O) groups is 1. The van der Waals surface area contributed by atoms with E-state index in [9.17, 15) is 9.90 Å². The number of hydrogen-bond donors (Lipinski definition) is 0. The second-order valence-electron chi connectivity index (χ2n) is 4.28. The average molecular weight is 259 g/mol. The van der Waals surface area contributed by atoms with Crippen molar-refractivity contribution in [2.45, 2.75) is 12.8 Å². The van der Waals surface area contributed by atoms with Crippen molar-refractivity contribution in [1.29, 1.82) is 0 Å². The summed E-state index contributed by atoms with van der Waals surface area (Å²) in [5.74, 6) is -0.252. The number of carboxylic acid groups (broad SMARTS) is 1. The largest absolute Gasteiger partial charge is 0.544 e. The standard InChI is InChI=1S/C14H12O3S/c1-17-10-4-5-11-8(6-10)2-3-9-7-12(14(15)16)18-13(9)11/h4-7H,2-3H2,1H3,(H,15,16)/p-1. The van der Waals surface area contributed by atoms with E-state index in [1.807, 2.05) is 18.2 Å². The lowest BCUT2D eigenvalue weighted by Gasteiger charge is -2.16. The third-order valence-electron chi connectivity index (χ3n) is 3.23. The molecule has 0 atom stereocenters. The Hall–Kier alpha value is -1.81. The number of thiophene rings is 1. The van der Waals surface area contributed by atoms with Gasteiger partial charge < -0.3 is 14.6 Å². The molecule has 0 fully saturated rings. The number of fused-ring (bicyclic) bond motifs is 3. The van der Waals surface area contributed by atoms with Crippen molar-refractivity contribution in [2.24, 2.45) is 0 Å². The summed E-state index contributed by atoms with van der Waals surface area (Å²) in [4.78, 5) is 12.3. The van der Waals surface area contributed by atoms with E-state index in [1.165, 1.54) is 16.9 Å². The molecule has 4 heteroatoms. The van der Waals surface area contributed by atoms with E-state index in [-0.39, 0.29) is 0 Å². The van der Waals surface area contributed by atoms with Crippen molar-refractivity contribution < 1.29 is 14.6 Å². The summed E-state index contributed by atoms with van der Waals surface area (Å²) >= 11 is 1.30. The predicted octanol–water partition coefficient (Wildman–Crippen LogP) is 1.89.